The molecule has 0 aliphatic rings. The zero-order valence-electron chi connectivity index (χ0n) is 11.1. The predicted molar refractivity (Wildman–Crippen MR) is 66.3 cm³/mol. The number of aromatic nitrogens is 3. The van der Waals surface area contributed by atoms with E-state index in [4.69, 9.17) is 4.42 Å². The Labute approximate surface area is 110 Å². The first-order chi connectivity index (χ1) is 9.10. The highest BCUT2D eigenvalue weighted by atomic mass is 16.5. The lowest BCUT2D eigenvalue weighted by Crippen LogP contribution is -2.18. The van der Waals surface area contributed by atoms with E-state index in [1.807, 2.05) is 14.0 Å². The highest BCUT2D eigenvalue weighted by molar-refractivity contribution is 5.86. The van der Waals surface area contributed by atoms with Crippen molar-refractivity contribution >= 4 is 5.97 Å². The summed E-state index contributed by atoms with van der Waals surface area (Å²) in [5.74, 6) is 1.08. The molecule has 0 bridgehead atoms. The van der Waals surface area contributed by atoms with Crippen LogP contribution >= 0.6 is 0 Å². The van der Waals surface area contributed by atoms with E-state index in [0.29, 0.717) is 18.1 Å². The van der Waals surface area contributed by atoms with Gasteiger partial charge in [0.05, 0.1) is 19.7 Å². The molecule has 0 aliphatic carbocycles. The molecule has 1 unspecified atom stereocenters. The summed E-state index contributed by atoms with van der Waals surface area (Å²) in [6.45, 7) is 2.46. The van der Waals surface area contributed by atoms with Gasteiger partial charge in [-0.05, 0) is 19.1 Å². The lowest BCUT2D eigenvalue weighted by molar-refractivity contribution is 0.0562. The van der Waals surface area contributed by atoms with Gasteiger partial charge in [-0.1, -0.05) is 0 Å². The van der Waals surface area contributed by atoms with Crippen LogP contribution in [0.2, 0.25) is 0 Å². The van der Waals surface area contributed by atoms with Crippen molar-refractivity contribution in [2.45, 2.75) is 19.5 Å². The minimum atomic E-state index is -0.482. The van der Waals surface area contributed by atoms with E-state index in [9.17, 15) is 4.79 Å². The fourth-order valence-electron chi connectivity index (χ4n) is 1.61. The van der Waals surface area contributed by atoms with E-state index in [2.05, 4.69) is 20.1 Å². The Balaban J connectivity index is 1.94. The van der Waals surface area contributed by atoms with Gasteiger partial charge in [-0.3, -0.25) is 4.68 Å². The van der Waals surface area contributed by atoms with Crippen molar-refractivity contribution in [1.82, 2.24) is 20.1 Å². The second-order valence-corrected chi connectivity index (χ2v) is 4.13. The molecular formula is C12H16N4O3. The van der Waals surface area contributed by atoms with Crippen LogP contribution in [0.15, 0.2) is 22.9 Å². The van der Waals surface area contributed by atoms with Crippen LogP contribution in [0.1, 0.15) is 35.1 Å². The largest absolute Gasteiger partial charge is 0.463 e. The molecule has 0 aliphatic heterocycles. The van der Waals surface area contributed by atoms with E-state index < -0.39 is 5.97 Å². The number of nitrogens with one attached hydrogen (secondary N) is 1. The maximum Gasteiger partial charge on any atom is 0.373 e. The third-order valence-electron chi connectivity index (χ3n) is 2.65. The van der Waals surface area contributed by atoms with Crippen molar-refractivity contribution in [3.63, 3.8) is 0 Å². The molecular weight excluding hydrogens is 248 g/mol. The van der Waals surface area contributed by atoms with E-state index >= 15 is 0 Å². The Hall–Kier alpha value is -2.15. The summed E-state index contributed by atoms with van der Waals surface area (Å²) in [6, 6.07) is 3.29. The number of nitrogens with zero attached hydrogens (tertiary/aromatic N) is 3. The molecule has 1 atom stereocenters. The van der Waals surface area contributed by atoms with Gasteiger partial charge >= 0.3 is 5.97 Å². The highest BCUT2D eigenvalue weighted by Crippen LogP contribution is 2.17. The van der Waals surface area contributed by atoms with Gasteiger partial charge in [-0.15, -0.1) is 0 Å². The lowest BCUT2D eigenvalue weighted by atomic mass is 10.2. The fourth-order valence-corrected chi connectivity index (χ4v) is 1.61. The first-order valence-corrected chi connectivity index (χ1v) is 5.86. The Kier molecular flexibility index (Phi) is 3.96. The lowest BCUT2D eigenvalue weighted by Gasteiger charge is -2.09. The first kappa shape index (κ1) is 13.3. The van der Waals surface area contributed by atoms with Crippen molar-refractivity contribution in [3.8, 4) is 0 Å². The second kappa shape index (κ2) is 5.66. The van der Waals surface area contributed by atoms with Crippen LogP contribution in [0.25, 0.3) is 0 Å². The van der Waals surface area contributed by atoms with Crippen molar-refractivity contribution in [2.24, 2.45) is 7.05 Å². The van der Waals surface area contributed by atoms with Crippen molar-refractivity contribution in [2.75, 3.05) is 7.11 Å². The Bertz CT molecular complexity index is 561. The molecule has 2 aromatic rings. The summed E-state index contributed by atoms with van der Waals surface area (Å²) in [7, 11) is 3.13. The summed E-state index contributed by atoms with van der Waals surface area (Å²) in [6.07, 6.45) is 1.64. The van der Waals surface area contributed by atoms with Crippen molar-refractivity contribution in [3.05, 3.63) is 35.8 Å². The molecule has 0 fully saturated rings. The van der Waals surface area contributed by atoms with Crippen molar-refractivity contribution < 1.29 is 13.9 Å². The number of esters is 1. The molecule has 7 heteroatoms. The highest BCUT2D eigenvalue weighted by Gasteiger charge is 2.15. The maximum atomic E-state index is 11.3. The minimum absolute atomic E-state index is 0.0535. The summed E-state index contributed by atoms with van der Waals surface area (Å²) < 4.78 is 11.6. The monoisotopic (exact) mass is 264 g/mol. The number of carbonyl (C=O) groups is 1. The fraction of sp³-hybridized carbons (Fsp3) is 0.417. The van der Waals surface area contributed by atoms with Gasteiger partial charge in [-0.2, -0.15) is 5.10 Å². The van der Waals surface area contributed by atoms with Crippen LogP contribution in [0, 0.1) is 0 Å². The first-order valence-electron chi connectivity index (χ1n) is 5.86. The van der Waals surface area contributed by atoms with Crippen LogP contribution in [-0.2, 0) is 18.3 Å². The van der Waals surface area contributed by atoms with Crippen LogP contribution in [0.5, 0.6) is 0 Å². The van der Waals surface area contributed by atoms with Crippen LogP contribution < -0.4 is 5.32 Å². The second-order valence-electron chi connectivity index (χ2n) is 4.13. The third kappa shape index (κ3) is 3.19. The number of methoxy groups -OCH3 is 1. The molecule has 2 heterocycles. The zero-order chi connectivity index (χ0) is 13.8. The molecule has 2 rings (SSSR count). The average Bonchev–Trinajstić information content (AvgIpc) is 3.04. The molecule has 7 nitrogen and oxygen atoms in total. The number of rotatable bonds is 5. The molecule has 19 heavy (non-hydrogen) atoms. The normalized spacial score (nSPS) is 12.4. The molecule has 0 amide bonds. The molecule has 2 aromatic heterocycles. The molecule has 0 saturated carbocycles. The number of furan rings is 1. The van der Waals surface area contributed by atoms with Gasteiger partial charge in [0.1, 0.15) is 12.1 Å². The van der Waals surface area contributed by atoms with Gasteiger partial charge in [0, 0.05) is 7.05 Å². The summed E-state index contributed by atoms with van der Waals surface area (Å²) in [5, 5.41) is 7.38. The van der Waals surface area contributed by atoms with Gasteiger partial charge in [0.15, 0.2) is 5.82 Å². The minimum Gasteiger partial charge on any atom is -0.463 e. The molecule has 0 radical (unpaired) electrons. The Morgan fingerprint density at radius 2 is 2.37 bits per heavy atom. The summed E-state index contributed by atoms with van der Waals surface area (Å²) in [5.41, 5.74) is 0. The van der Waals surface area contributed by atoms with Crippen LogP contribution in [-0.4, -0.2) is 27.8 Å². The van der Waals surface area contributed by atoms with Gasteiger partial charge in [-0.25, -0.2) is 9.78 Å². The molecule has 0 saturated heterocycles. The SMILES string of the molecule is COC(=O)c1ccc(C(C)NCc2ncn(C)n2)o1. The van der Waals surface area contributed by atoms with Gasteiger partial charge < -0.3 is 14.5 Å². The van der Waals surface area contributed by atoms with E-state index in [1.54, 1.807) is 23.1 Å². The predicted octanol–water partition coefficient (Wildman–Crippen LogP) is 1.05. The Morgan fingerprint density at radius 3 is 3.00 bits per heavy atom. The smallest absolute Gasteiger partial charge is 0.373 e. The van der Waals surface area contributed by atoms with Gasteiger partial charge in [0.25, 0.3) is 0 Å². The molecule has 1 N–H and O–H groups in total. The van der Waals surface area contributed by atoms with Crippen LogP contribution in [0.4, 0.5) is 0 Å². The Morgan fingerprint density at radius 1 is 1.58 bits per heavy atom. The molecule has 0 spiro atoms. The van der Waals surface area contributed by atoms with E-state index in [0.717, 1.165) is 0 Å². The average molecular weight is 264 g/mol. The van der Waals surface area contributed by atoms with E-state index in [1.165, 1.54) is 7.11 Å². The molecule has 0 aromatic carbocycles. The summed E-state index contributed by atoms with van der Waals surface area (Å²) in [4.78, 5) is 15.4. The third-order valence-corrected chi connectivity index (χ3v) is 2.65. The van der Waals surface area contributed by atoms with E-state index in [-0.39, 0.29) is 11.8 Å². The van der Waals surface area contributed by atoms with Gasteiger partial charge in [0.2, 0.25) is 5.76 Å². The standard InChI is InChI=1S/C12H16N4O3/c1-8(13-6-11-14-7-16(2)15-11)9-4-5-10(19-9)12(17)18-3/h4-5,7-8,13H,6H2,1-3H3. The maximum absolute atomic E-state index is 11.3. The summed E-state index contributed by atoms with van der Waals surface area (Å²) >= 11 is 0. The van der Waals surface area contributed by atoms with Crippen molar-refractivity contribution in [1.29, 1.82) is 0 Å². The number of ether oxygens (including phenoxy) is 1. The zero-order valence-corrected chi connectivity index (χ0v) is 11.1. The quantitative estimate of drug-likeness (QED) is 0.813. The molecule has 102 valence electrons. The topological polar surface area (TPSA) is 82.2 Å². The number of carbonyl (C=O) groups excluding carboxylic acids is 1. The number of hydrogen-bond donors (Lipinski definition) is 1. The number of aryl methyl sites for hydroxylation is 1. The number of hydrogen-bond acceptors (Lipinski definition) is 6. The van der Waals surface area contributed by atoms with Crippen LogP contribution in [0.3, 0.4) is 0 Å².